The summed E-state index contributed by atoms with van der Waals surface area (Å²) in [5.74, 6) is -0.976. The van der Waals surface area contributed by atoms with Crippen LogP contribution in [0.15, 0.2) is 23.8 Å². The van der Waals surface area contributed by atoms with E-state index < -0.39 is 40.5 Å². The van der Waals surface area contributed by atoms with Gasteiger partial charge in [-0.15, -0.1) is 0 Å². The number of allylic oxidation sites excluding steroid dienone is 1. The molecular formula is C25H35NO6. The Morgan fingerprint density at radius 1 is 1.31 bits per heavy atom. The number of aliphatic hydroxyl groups is 2. The molecule has 2 bridgehead atoms. The van der Waals surface area contributed by atoms with Gasteiger partial charge in [0.25, 0.3) is 0 Å². The molecule has 0 aromatic carbocycles. The molecule has 176 valence electrons. The largest absolute Gasteiger partial charge is 0.389 e. The highest BCUT2D eigenvalue weighted by Gasteiger charge is 2.73. The number of fused-ring (bicyclic) bond motifs is 3. The summed E-state index contributed by atoms with van der Waals surface area (Å²) in [5.41, 5.74) is -0.740. The molecule has 4 fully saturated rings. The topological polar surface area (TPSA) is 96.3 Å². The molecule has 1 spiro atoms. The van der Waals surface area contributed by atoms with E-state index in [2.05, 4.69) is 6.58 Å². The molecule has 1 amide bonds. The summed E-state index contributed by atoms with van der Waals surface area (Å²) in [4.78, 5) is 29.2. The van der Waals surface area contributed by atoms with Gasteiger partial charge in [0, 0.05) is 26.1 Å². The molecule has 0 aromatic heterocycles. The van der Waals surface area contributed by atoms with Crippen molar-refractivity contribution in [3.05, 3.63) is 23.8 Å². The van der Waals surface area contributed by atoms with Crippen LogP contribution in [0.4, 0.5) is 0 Å². The van der Waals surface area contributed by atoms with Crippen LogP contribution in [-0.2, 0) is 19.1 Å². The first-order valence-electron chi connectivity index (χ1n) is 11.8. The lowest BCUT2D eigenvalue weighted by Crippen LogP contribution is -2.58. The monoisotopic (exact) mass is 445 g/mol. The Bertz CT molecular complexity index is 893. The molecule has 3 saturated carbocycles. The average Bonchev–Trinajstić information content (AvgIpc) is 3.16. The van der Waals surface area contributed by atoms with E-state index in [0.717, 1.165) is 17.6 Å². The molecular weight excluding hydrogens is 410 g/mol. The Morgan fingerprint density at radius 2 is 2.00 bits per heavy atom. The molecule has 1 heterocycles. The number of aliphatic hydroxyl groups excluding tert-OH is 1. The molecule has 7 nitrogen and oxygen atoms in total. The van der Waals surface area contributed by atoms with Crippen LogP contribution in [0.3, 0.4) is 0 Å². The van der Waals surface area contributed by atoms with Gasteiger partial charge in [-0.2, -0.15) is 0 Å². The first kappa shape index (κ1) is 22.3. The van der Waals surface area contributed by atoms with E-state index in [4.69, 9.17) is 9.47 Å². The predicted molar refractivity (Wildman–Crippen MR) is 117 cm³/mol. The quantitative estimate of drug-likeness (QED) is 0.639. The number of Topliss-reactive ketones (excluding diaryl/α,β-unsaturated/α-hetero) is 1. The number of amides is 1. The highest BCUT2D eigenvalue weighted by Crippen LogP contribution is 2.73. The van der Waals surface area contributed by atoms with E-state index in [-0.39, 0.29) is 17.6 Å². The van der Waals surface area contributed by atoms with Crippen LogP contribution in [0, 0.1) is 28.6 Å². The molecule has 7 heteroatoms. The number of ether oxygens (including phenoxy) is 2. The minimum absolute atomic E-state index is 0.0150. The summed E-state index contributed by atoms with van der Waals surface area (Å²) in [6.07, 6.45) is 2.74. The van der Waals surface area contributed by atoms with Crippen LogP contribution in [0.2, 0.25) is 0 Å². The number of ketones is 1. The Labute approximate surface area is 189 Å². The molecule has 5 rings (SSSR count). The fraction of sp³-hybridized carbons (Fsp3) is 0.760. The van der Waals surface area contributed by atoms with E-state index in [1.54, 1.807) is 14.0 Å². The highest BCUT2D eigenvalue weighted by molar-refractivity contribution is 5.88. The van der Waals surface area contributed by atoms with Crippen molar-refractivity contribution in [3.63, 3.8) is 0 Å². The second-order valence-electron chi connectivity index (χ2n) is 10.9. The van der Waals surface area contributed by atoms with Crippen molar-refractivity contribution in [2.45, 2.75) is 57.3 Å². The molecule has 32 heavy (non-hydrogen) atoms. The molecule has 2 N–H and O–H groups in total. The van der Waals surface area contributed by atoms with Gasteiger partial charge in [-0.25, -0.2) is 0 Å². The van der Waals surface area contributed by atoms with E-state index in [9.17, 15) is 19.8 Å². The summed E-state index contributed by atoms with van der Waals surface area (Å²) in [6.45, 7) is 9.56. The number of methoxy groups -OCH3 is 1. The fourth-order valence-electron chi connectivity index (χ4n) is 7.86. The van der Waals surface area contributed by atoms with E-state index >= 15 is 0 Å². The van der Waals surface area contributed by atoms with Gasteiger partial charge in [-0.1, -0.05) is 18.2 Å². The minimum atomic E-state index is -1.15. The number of hydrogen-bond acceptors (Lipinski definition) is 6. The summed E-state index contributed by atoms with van der Waals surface area (Å²) in [7, 11) is 1.55. The SMILES string of the molecule is C=C1C[C@]23C[C@@]1(O)CC[C@H]2C1=C[C@@H](OC)[C@H](O)[C@@](C)(C(C)=O)[C@H]1[C@@H]3C(=O)N1CCOCC1. The normalized spacial score (nSPS) is 47.7. The summed E-state index contributed by atoms with van der Waals surface area (Å²) in [6, 6.07) is 0. The predicted octanol–water partition coefficient (Wildman–Crippen LogP) is 1.48. The fourth-order valence-corrected chi connectivity index (χ4v) is 7.86. The second-order valence-corrected chi connectivity index (χ2v) is 10.9. The zero-order chi connectivity index (χ0) is 23.1. The Balaban J connectivity index is 1.70. The molecule has 1 saturated heterocycles. The van der Waals surface area contributed by atoms with Crippen molar-refractivity contribution in [2.24, 2.45) is 28.6 Å². The lowest BCUT2D eigenvalue weighted by Gasteiger charge is -2.48. The van der Waals surface area contributed by atoms with Gasteiger partial charge in [-0.3, -0.25) is 9.59 Å². The first-order chi connectivity index (χ1) is 15.1. The zero-order valence-electron chi connectivity index (χ0n) is 19.3. The van der Waals surface area contributed by atoms with E-state index in [1.165, 1.54) is 6.92 Å². The van der Waals surface area contributed by atoms with Crippen LogP contribution in [-0.4, -0.2) is 78.0 Å². The van der Waals surface area contributed by atoms with Crippen LogP contribution in [0.25, 0.3) is 0 Å². The number of rotatable bonds is 3. The summed E-state index contributed by atoms with van der Waals surface area (Å²) in [5, 5.41) is 22.7. The van der Waals surface area contributed by atoms with Crippen molar-refractivity contribution in [1.29, 1.82) is 0 Å². The smallest absolute Gasteiger partial charge is 0.227 e. The van der Waals surface area contributed by atoms with Gasteiger partial charge in [0.05, 0.1) is 36.3 Å². The minimum Gasteiger partial charge on any atom is -0.389 e. The second kappa shape index (κ2) is 7.23. The maximum Gasteiger partial charge on any atom is 0.227 e. The Hall–Kier alpha value is -1.54. The van der Waals surface area contributed by atoms with Gasteiger partial charge < -0.3 is 24.6 Å². The number of carbonyl (C=O) groups excluding carboxylic acids is 2. The zero-order valence-corrected chi connectivity index (χ0v) is 19.3. The van der Waals surface area contributed by atoms with Gasteiger partial charge in [-0.05, 0) is 56.4 Å². The van der Waals surface area contributed by atoms with Crippen LogP contribution >= 0.6 is 0 Å². The number of carbonyl (C=O) groups is 2. The molecule has 1 aliphatic heterocycles. The number of morpholine rings is 1. The van der Waals surface area contributed by atoms with Crippen molar-refractivity contribution >= 4 is 11.7 Å². The lowest BCUT2D eigenvalue weighted by molar-refractivity contribution is -0.159. The number of nitrogens with zero attached hydrogens (tertiary/aromatic N) is 1. The third-order valence-electron chi connectivity index (χ3n) is 9.62. The standard InChI is InChI=1S/C25H35NO6/c1-14-12-24-13-25(14,30)6-5-17(24)16-11-18(31-4)21(28)23(3,15(2)27)19(16)20(24)22(29)26-7-9-32-10-8-26/h11,17-21,28,30H,1,5-10,12-13H2,2-4H3/t17-,18+,19+,20+,21-,23-,24-,25-/m0/s1. The third kappa shape index (κ3) is 2.68. The van der Waals surface area contributed by atoms with Crippen molar-refractivity contribution < 1.29 is 29.3 Å². The highest BCUT2D eigenvalue weighted by atomic mass is 16.5. The Morgan fingerprint density at radius 3 is 2.62 bits per heavy atom. The maximum absolute atomic E-state index is 14.2. The average molecular weight is 446 g/mol. The summed E-state index contributed by atoms with van der Waals surface area (Å²) < 4.78 is 11.1. The van der Waals surface area contributed by atoms with Crippen LogP contribution < -0.4 is 0 Å². The summed E-state index contributed by atoms with van der Waals surface area (Å²) >= 11 is 0. The third-order valence-corrected chi connectivity index (χ3v) is 9.62. The van der Waals surface area contributed by atoms with Gasteiger partial charge in [0.1, 0.15) is 11.9 Å². The van der Waals surface area contributed by atoms with Gasteiger partial charge in [0.15, 0.2) is 0 Å². The number of hydrogen-bond donors (Lipinski definition) is 2. The Kier molecular flexibility index (Phi) is 5.03. The molecule has 0 aromatic rings. The van der Waals surface area contributed by atoms with Crippen molar-refractivity contribution in [3.8, 4) is 0 Å². The van der Waals surface area contributed by atoms with E-state index in [1.807, 2.05) is 11.0 Å². The van der Waals surface area contributed by atoms with Crippen LogP contribution in [0.1, 0.15) is 39.5 Å². The molecule has 0 radical (unpaired) electrons. The van der Waals surface area contributed by atoms with Crippen molar-refractivity contribution in [1.82, 2.24) is 4.90 Å². The maximum atomic E-state index is 14.2. The molecule has 5 aliphatic rings. The molecule has 8 atom stereocenters. The van der Waals surface area contributed by atoms with Gasteiger partial charge >= 0.3 is 0 Å². The lowest BCUT2D eigenvalue weighted by atomic mass is 9.58. The first-order valence-corrected chi connectivity index (χ1v) is 11.8. The van der Waals surface area contributed by atoms with Crippen LogP contribution in [0.5, 0.6) is 0 Å². The van der Waals surface area contributed by atoms with Gasteiger partial charge in [0.2, 0.25) is 5.91 Å². The van der Waals surface area contributed by atoms with E-state index in [0.29, 0.717) is 45.6 Å². The molecule has 4 aliphatic carbocycles. The molecule has 0 unspecified atom stereocenters. The van der Waals surface area contributed by atoms with Crippen molar-refractivity contribution in [2.75, 3.05) is 33.4 Å².